The van der Waals surface area contributed by atoms with Crippen molar-refractivity contribution in [3.8, 4) is 0 Å². The van der Waals surface area contributed by atoms with Crippen molar-refractivity contribution in [3.63, 3.8) is 0 Å². The fourth-order valence-corrected chi connectivity index (χ4v) is 3.48. The van der Waals surface area contributed by atoms with Crippen molar-refractivity contribution in [2.24, 2.45) is 18.9 Å². The van der Waals surface area contributed by atoms with Gasteiger partial charge >= 0.3 is 0 Å². The molecule has 3 unspecified atom stereocenters. The van der Waals surface area contributed by atoms with Gasteiger partial charge in [-0.3, -0.25) is 4.68 Å². The lowest BCUT2D eigenvalue weighted by Crippen LogP contribution is -2.34. The average molecular weight is 249 g/mol. The third-order valence-corrected chi connectivity index (χ3v) is 4.40. The van der Waals surface area contributed by atoms with Gasteiger partial charge in [0.05, 0.1) is 11.7 Å². The van der Waals surface area contributed by atoms with Crippen LogP contribution < -0.4 is 5.32 Å². The van der Waals surface area contributed by atoms with E-state index in [1.165, 1.54) is 37.8 Å². The molecule has 18 heavy (non-hydrogen) atoms. The lowest BCUT2D eigenvalue weighted by Gasteiger charge is -2.36. The fourth-order valence-electron chi connectivity index (χ4n) is 3.48. The van der Waals surface area contributed by atoms with Gasteiger partial charge in [-0.1, -0.05) is 39.5 Å². The van der Waals surface area contributed by atoms with Crippen LogP contribution in [0.1, 0.15) is 57.7 Å². The van der Waals surface area contributed by atoms with Crippen molar-refractivity contribution in [3.05, 3.63) is 18.0 Å². The third-order valence-electron chi connectivity index (χ3n) is 4.40. The summed E-state index contributed by atoms with van der Waals surface area (Å²) in [6, 6.07) is 2.62. The first kappa shape index (κ1) is 13.6. The Balaban J connectivity index is 2.17. The van der Waals surface area contributed by atoms with Crippen molar-refractivity contribution in [1.29, 1.82) is 0 Å². The molecule has 0 aliphatic heterocycles. The van der Waals surface area contributed by atoms with Gasteiger partial charge in [0.15, 0.2) is 0 Å². The van der Waals surface area contributed by atoms with E-state index in [0.717, 1.165) is 18.4 Å². The summed E-state index contributed by atoms with van der Waals surface area (Å²) in [5.41, 5.74) is 1.23. The molecule has 1 heterocycles. The van der Waals surface area contributed by atoms with Crippen LogP contribution in [0.4, 0.5) is 0 Å². The molecule has 1 aromatic heterocycles. The molecule has 1 aliphatic carbocycles. The maximum Gasteiger partial charge on any atom is 0.0796 e. The van der Waals surface area contributed by atoms with Crippen LogP contribution in [0.25, 0.3) is 0 Å². The van der Waals surface area contributed by atoms with E-state index in [9.17, 15) is 0 Å². The fraction of sp³-hybridized carbons (Fsp3) is 0.800. The van der Waals surface area contributed by atoms with E-state index in [1.807, 2.05) is 11.7 Å². The Hall–Kier alpha value is -0.830. The molecule has 0 amide bonds. The standard InChI is InChI=1S/C15H27N3/c1-4-12-8-6-7-9-13(12)15(16-5-2)14-10-11-18(3)17-14/h10-13,15-16H,4-9H2,1-3H3. The van der Waals surface area contributed by atoms with Crippen LogP contribution in [-0.2, 0) is 7.05 Å². The van der Waals surface area contributed by atoms with Crippen LogP contribution in [0.3, 0.4) is 0 Å². The normalized spacial score (nSPS) is 26.2. The van der Waals surface area contributed by atoms with Crippen molar-refractivity contribution in [2.75, 3.05) is 6.54 Å². The number of hydrogen-bond donors (Lipinski definition) is 1. The zero-order valence-electron chi connectivity index (χ0n) is 12.0. The molecule has 2 rings (SSSR count). The molecule has 3 nitrogen and oxygen atoms in total. The zero-order chi connectivity index (χ0) is 13.0. The molecule has 1 aromatic rings. The van der Waals surface area contributed by atoms with Crippen LogP contribution >= 0.6 is 0 Å². The maximum absolute atomic E-state index is 4.63. The number of hydrogen-bond acceptors (Lipinski definition) is 2. The van der Waals surface area contributed by atoms with E-state index in [0.29, 0.717) is 6.04 Å². The van der Waals surface area contributed by atoms with Crippen LogP contribution in [0.15, 0.2) is 12.3 Å². The minimum atomic E-state index is 0.446. The van der Waals surface area contributed by atoms with E-state index >= 15 is 0 Å². The highest BCUT2D eigenvalue weighted by Crippen LogP contribution is 2.39. The van der Waals surface area contributed by atoms with Crippen LogP contribution in [-0.4, -0.2) is 16.3 Å². The van der Waals surface area contributed by atoms with Gasteiger partial charge in [-0.25, -0.2) is 0 Å². The molecule has 1 aliphatic rings. The predicted octanol–water partition coefficient (Wildman–Crippen LogP) is 3.29. The summed E-state index contributed by atoms with van der Waals surface area (Å²) in [6.45, 7) is 5.55. The number of nitrogens with zero attached hydrogens (tertiary/aromatic N) is 2. The average Bonchev–Trinajstić information content (AvgIpc) is 2.82. The second kappa shape index (κ2) is 6.37. The van der Waals surface area contributed by atoms with Gasteiger partial charge in [0.1, 0.15) is 0 Å². The van der Waals surface area contributed by atoms with Crippen molar-refractivity contribution in [1.82, 2.24) is 15.1 Å². The summed E-state index contributed by atoms with van der Waals surface area (Å²) in [6.07, 6.45) is 8.91. The van der Waals surface area contributed by atoms with Gasteiger partial charge in [0, 0.05) is 13.2 Å². The van der Waals surface area contributed by atoms with Crippen molar-refractivity contribution < 1.29 is 0 Å². The van der Waals surface area contributed by atoms with Gasteiger partial charge in [0.25, 0.3) is 0 Å². The quantitative estimate of drug-likeness (QED) is 0.868. The van der Waals surface area contributed by atoms with Crippen LogP contribution in [0.5, 0.6) is 0 Å². The number of aryl methyl sites for hydroxylation is 1. The topological polar surface area (TPSA) is 29.9 Å². The summed E-state index contributed by atoms with van der Waals surface area (Å²) in [7, 11) is 2.00. The maximum atomic E-state index is 4.63. The SMILES string of the molecule is CCNC(c1ccn(C)n1)C1CCCCC1CC. The second-order valence-corrected chi connectivity index (χ2v) is 5.57. The van der Waals surface area contributed by atoms with Gasteiger partial charge in [-0.15, -0.1) is 0 Å². The smallest absolute Gasteiger partial charge is 0.0796 e. The largest absolute Gasteiger partial charge is 0.309 e. The van der Waals surface area contributed by atoms with E-state index < -0.39 is 0 Å². The highest BCUT2D eigenvalue weighted by atomic mass is 15.3. The number of nitrogens with one attached hydrogen (secondary N) is 1. The predicted molar refractivity (Wildman–Crippen MR) is 75.4 cm³/mol. The molecule has 102 valence electrons. The van der Waals surface area contributed by atoms with Gasteiger partial charge < -0.3 is 5.32 Å². The van der Waals surface area contributed by atoms with E-state index in [1.54, 1.807) is 0 Å². The molecular formula is C15H27N3. The van der Waals surface area contributed by atoms with Gasteiger partial charge in [-0.05, 0) is 30.9 Å². The second-order valence-electron chi connectivity index (χ2n) is 5.57. The summed E-state index contributed by atoms with van der Waals surface area (Å²) in [5.74, 6) is 1.63. The van der Waals surface area contributed by atoms with E-state index in [4.69, 9.17) is 0 Å². The molecule has 3 heteroatoms. The number of aromatic nitrogens is 2. The molecular weight excluding hydrogens is 222 g/mol. The highest BCUT2D eigenvalue weighted by Gasteiger charge is 2.32. The van der Waals surface area contributed by atoms with Crippen LogP contribution in [0.2, 0.25) is 0 Å². The lowest BCUT2D eigenvalue weighted by molar-refractivity contribution is 0.174. The minimum absolute atomic E-state index is 0.446. The Morgan fingerprint density at radius 2 is 2.17 bits per heavy atom. The zero-order valence-corrected chi connectivity index (χ0v) is 12.0. The first-order valence-electron chi connectivity index (χ1n) is 7.49. The Bertz CT molecular complexity index is 358. The highest BCUT2D eigenvalue weighted by molar-refractivity contribution is 5.08. The summed E-state index contributed by atoms with van der Waals surface area (Å²) < 4.78 is 1.92. The number of rotatable bonds is 5. The van der Waals surface area contributed by atoms with E-state index in [2.05, 4.69) is 36.5 Å². The molecule has 0 aromatic carbocycles. The molecule has 0 saturated heterocycles. The molecule has 1 fully saturated rings. The lowest BCUT2D eigenvalue weighted by atomic mass is 9.73. The van der Waals surface area contributed by atoms with Crippen molar-refractivity contribution in [2.45, 2.75) is 52.0 Å². The molecule has 3 atom stereocenters. The third kappa shape index (κ3) is 2.94. The molecule has 1 N–H and O–H groups in total. The van der Waals surface area contributed by atoms with Crippen molar-refractivity contribution >= 4 is 0 Å². The van der Waals surface area contributed by atoms with Crippen LogP contribution in [0, 0.1) is 11.8 Å². The molecule has 1 saturated carbocycles. The Morgan fingerprint density at radius 3 is 2.78 bits per heavy atom. The monoisotopic (exact) mass is 249 g/mol. The van der Waals surface area contributed by atoms with Gasteiger partial charge in [-0.2, -0.15) is 5.10 Å². The molecule has 0 spiro atoms. The summed E-state index contributed by atoms with van der Waals surface area (Å²) in [5, 5.41) is 8.30. The Kier molecular flexibility index (Phi) is 4.81. The molecule has 0 bridgehead atoms. The summed E-state index contributed by atoms with van der Waals surface area (Å²) in [4.78, 5) is 0. The van der Waals surface area contributed by atoms with E-state index in [-0.39, 0.29) is 0 Å². The molecule has 0 radical (unpaired) electrons. The Labute approximate surface area is 111 Å². The first-order valence-corrected chi connectivity index (χ1v) is 7.49. The Morgan fingerprint density at radius 1 is 1.39 bits per heavy atom. The summed E-state index contributed by atoms with van der Waals surface area (Å²) >= 11 is 0. The minimum Gasteiger partial charge on any atom is -0.309 e. The van der Waals surface area contributed by atoms with Gasteiger partial charge in [0.2, 0.25) is 0 Å². The first-order chi connectivity index (χ1) is 8.76.